The zero-order valence-electron chi connectivity index (χ0n) is 5.91. The largest absolute Gasteiger partial charge is 0.424 e. The Labute approximate surface area is 63.8 Å². The minimum atomic E-state index is -0.763. The van der Waals surface area contributed by atoms with Crippen LogP contribution in [0.4, 0.5) is 0 Å². The topological polar surface area (TPSA) is 52.6 Å². The van der Waals surface area contributed by atoms with E-state index >= 15 is 0 Å². The van der Waals surface area contributed by atoms with Crippen molar-refractivity contribution >= 4 is 11.9 Å². The van der Waals surface area contributed by atoms with E-state index in [0.717, 1.165) is 0 Å². The molecule has 0 bridgehead atoms. The third-order valence-electron chi connectivity index (χ3n) is 1.17. The molecule has 0 aliphatic carbocycles. The second-order valence-corrected chi connectivity index (χ2v) is 2.11. The summed E-state index contributed by atoms with van der Waals surface area (Å²) >= 11 is 0. The van der Waals surface area contributed by atoms with E-state index in [1.54, 1.807) is 0 Å². The molecule has 0 amide bonds. The molecule has 1 rings (SSSR count). The molecular weight excluding hydrogens is 148 g/mol. The molecule has 0 atom stereocenters. The highest BCUT2D eigenvalue weighted by molar-refractivity contribution is 5.92. The van der Waals surface area contributed by atoms with E-state index in [9.17, 15) is 9.59 Å². The Morgan fingerprint density at radius 2 is 2.00 bits per heavy atom. The van der Waals surface area contributed by atoms with Crippen LogP contribution in [0.15, 0.2) is 12.7 Å². The lowest BCUT2D eigenvalue weighted by Crippen LogP contribution is -2.31. The highest BCUT2D eigenvalue weighted by Crippen LogP contribution is 2.10. The van der Waals surface area contributed by atoms with Crippen molar-refractivity contribution in [2.45, 2.75) is 19.1 Å². The molecule has 1 fully saturated rings. The fourth-order valence-electron chi connectivity index (χ4n) is 0.751. The average Bonchev–Trinajstić information content (AvgIpc) is 1.85. The van der Waals surface area contributed by atoms with Gasteiger partial charge in [-0.2, -0.15) is 0 Å². The molecule has 0 unspecified atom stereocenters. The second-order valence-electron chi connectivity index (χ2n) is 2.11. The van der Waals surface area contributed by atoms with Gasteiger partial charge in [-0.1, -0.05) is 6.08 Å². The number of hydrogen-bond donors (Lipinski definition) is 0. The van der Waals surface area contributed by atoms with Crippen molar-refractivity contribution in [1.82, 2.24) is 0 Å². The van der Waals surface area contributed by atoms with Crippen LogP contribution in [-0.2, 0) is 19.1 Å². The molecule has 1 aliphatic rings. The molecule has 1 heterocycles. The maximum atomic E-state index is 10.6. The highest BCUT2D eigenvalue weighted by Gasteiger charge is 2.26. The van der Waals surface area contributed by atoms with Crippen molar-refractivity contribution in [3.63, 3.8) is 0 Å². The Morgan fingerprint density at radius 1 is 1.45 bits per heavy atom. The molecule has 0 radical (unpaired) electrons. The quantitative estimate of drug-likeness (QED) is 0.329. The van der Waals surface area contributed by atoms with Gasteiger partial charge in [0.2, 0.25) is 0 Å². The van der Waals surface area contributed by atoms with E-state index in [-0.39, 0.29) is 6.42 Å². The summed E-state index contributed by atoms with van der Waals surface area (Å²) < 4.78 is 9.29. The fourth-order valence-corrected chi connectivity index (χ4v) is 0.751. The summed E-state index contributed by atoms with van der Waals surface area (Å²) in [6.07, 6.45) is 0.822. The fraction of sp³-hybridized carbons (Fsp3) is 0.429. The van der Waals surface area contributed by atoms with Crippen LogP contribution in [0.25, 0.3) is 0 Å². The Hall–Kier alpha value is -1.32. The number of hydrogen-bond acceptors (Lipinski definition) is 4. The molecule has 0 aromatic heterocycles. The van der Waals surface area contributed by atoms with Gasteiger partial charge in [0.25, 0.3) is 6.29 Å². The van der Waals surface area contributed by atoms with E-state index < -0.39 is 18.2 Å². The lowest BCUT2D eigenvalue weighted by atomic mass is 10.3. The molecule has 11 heavy (non-hydrogen) atoms. The summed E-state index contributed by atoms with van der Waals surface area (Å²) in [5.74, 6) is -1.07. The van der Waals surface area contributed by atoms with Gasteiger partial charge in [-0.25, -0.2) is 0 Å². The lowest BCUT2D eigenvalue weighted by molar-refractivity contribution is -0.202. The third kappa shape index (κ3) is 2.07. The first kappa shape index (κ1) is 7.78. The van der Waals surface area contributed by atoms with Crippen molar-refractivity contribution in [1.29, 1.82) is 0 Å². The SMILES string of the molecule is C=CCC1OC(=O)CC(=O)O1. The molecule has 1 aliphatic heterocycles. The Morgan fingerprint density at radius 3 is 2.45 bits per heavy atom. The van der Waals surface area contributed by atoms with Gasteiger partial charge in [-0.3, -0.25) is 9.59 Å². The normalized spacial score (nSPS) is 18.9. The predicted octanol–water partition coefficient (Wildman–Crippen LogP) is 0.379. The summed E-state index contributed by atoms with van der Waals surface area (Å²) in [7, 11) is 0. The van der Waals surface area contributed by atoms with Crippen molar-refractivity contribution in [3.05, 3.63) is 12.7 Å². The number of rotatable bonds is 2. The summed E-state index contributed by atoms with van der Waals surface area (Å²) in [6.45, 7) is 3.42. The van der Waals surface area contributed by atoms with Crippen LogP contribution < -0.4 is 0 Å². The molecule has 0 aromatic rings. The van der Waals surface area contributed by atoms with Crippen molar-refractivity contribution < 1.29 is 19.1 Å². The van der Waals surface area contributed by atoms with Gasteiger partial charge in [0, 0.05) is 6.42 Å². The molecular formula is C7H8O4. The van der Waals surface area contributed by atoms with Gasteiger partial charge in [0.1, 0.15) is 6.42 Å². The van der Waals surface area contributed by atoms with E-state index in [0.29, 0.717) is 6.42 Å². The number of carbonyl (C=O) groups is 2. The minimum Gasteiger partial charge on any atom is -0.424 e. The first-order valence-electron chi connectivity index (χ1n) is 3.22. The summed E-state index contributed by atoms with van der Waals surface area (Å²) in [5, 5.41) is 0. The molecule has 4 heteroatoms. The van der Waals surface area contributed by atoms with E-state index in [1.807, 2.05) is 0 Å². The summed E-state index contributed by atoms with van der Waals surface area (Å²) in [5.41, 5.74) is 0. The Kier molecular flexibility index (Phi) is 2.25. The molecule has 60 valence electrons. The van der Waals surface area contributed by atoms with E-state index in [4.69, 9.17) is 0 Å². The monoisotopic (exact) mass is 156 g/mol. The molecule has 0 N–H and O–H groups in total. The summed E-state index contributed by atoms with van der Waals surface area (Å²) in [6, 6.07) is 0. The van der Waals surface area contributed by atoms with Crippen LogP contribution in [0.2, 0.25) is 0 Å². The van der Waals surface area contributed by atoms with E-state index in [2.05, 4.69) is 16.1 Å². The molecule has 0 saturated carbocycles. The number of carbonyl (C=O) groups excluding carboxylic acids is 2. The Balaban J connectivity index is 2.49. The minimum absolute atomic E-state index is 0.284. The van der Waals surface area contributed by atoms with Crippen molar-refractivity contribution in [2.24, 2.45) is 0 Å². The molecule has 0 aromatic carbocycles. The number of ether oxygens (including phenoxy) is 2. The first-order chi connectivity index (χ1) is 5.22. The maximum Gasteiger partial charge on any atom is 0.320 e. The number of esters is 2. The first-order valence-corrected chi connectivity index (χ1v) is 3.22. The van der Waals surface area contributed by atoms with Gasteiger partial charge >= 0.3 is 11.9 Å². The second kappa shape index (κ2) is 3.18. The van der Waals surface area contributed by atoms with Gasteiger partial charge < -0.3 is 9.47 Å². The van der Waals surface area contributed by atoms with Gasteiger partial charge in [0.05, 0.1) is 0 Å². The van der Waals surface area contributed by atoms with Crippen LogP contribution >= 0.6 is 0 Å². The standard InChI is InChI=1S/C7H8O4/c1-2-3-7-10-5(8)4-6(9)11-7/h2,7H,1,3-4H2. The average molecular weight is 156 g/mol. The van der Waals surface area contributed by atoms with Crippen molar-refractivity contribution in [2.75, 3.05) is 0 Å². The van der Waals surface area contributed by atoms with Crippen LogP contribution in [0, 0.1) is 0 Å². The van der Waals surface area contributed by atoms with Crippen LogP contribution in [0.5, 0.6) is 0 Å². The smallest absolute Gasteiger partial charge is 0.320 e. The van der Waals surface area contributed by atoms with Gasteiger partial charge in [-0.15, -0.1) is 6.58 Å². The molecule has 4 nitrogen and oxygen atoms in total. The predicted molar refractivity (Wildman–Crippen MR) is 35.4 cm³/mol. The van der Waals surface area contributed by atoms with Gasteiger partial charge in [-0.05, 0) is 0 Å². The third-order valence-corrected chi connectivity index (χ3v) is 1.17. The van der Waals surface area contributed by atoms with Crippen molar-refractivity contribution in [3.8, 4) is 0 Å². The zero-order chi connectivity index (χ0) is 8.27. The Bertz CT molecular complexity index is 181. The van der Waals surface area contributed by atoms with Crippen LogP contribution in [0.3, 0.4) is 0 Å². The molecule has 1 saturated heterocycles. The molecule has 0 spiro atoms. The lowest BCUT2D eigenvalue weighted by Gasteiger charge is -2.20. The highest BCUT2D eigenvalue weighted by atomic mass is 16.7. The summed E-state index contributed by atoms with van der Waals surface area (Å²) in [4.78, 5) is 21.2. The number of cyclic esters (lactones) is 2. The van der Waals surface area contributed by atoms with Gasteiger partial charge in [0.15, 0.2) is 0 Å². The zero-order valence-corrected chi connectivity index (χ0v) is 5.91. The van der Waals surface area contributed by atoms with Crippen LogP contribution in [0.1, 0.15) is 12.8 Å². The van der Waals surface area contributed by atoms with Crippen LogP contribution in [-0.4, -0.2) is 18.2 Å². The maximum absolute atomic E-state index is 10.6. The van der Waals surface area contributed by atoms with E-state index in [1.165, 1.54) is 6.08 Å².